The van der Waals surface area contributed by atoms with Gasteiger partial charge in [0, 0.05) is 6.54 Å². The van der Waals surface area contributed by atoms with Crippen molar-refractivity contribution in [2.45, 2.75) is 6.04 Å². The van der Waals surface area contributed by atoms with Gasteiger partial charge in [0.1, 0.15) is 6.04 Å². The van der Waals surface area contributed by atoms with Crippen LogP contribution in [0.1, 0.15) is 0 Å². The Balaban J connectivity index is 2.40. The predicted molar refractivity (Wildman–Crippen MR) is 32.4 cm³/mol. The van der Waals surface area contributed by atoms with Crippen molar-refractivity contribution >= 4 is 11.9 Å². The molecule has 1 fully saturated rings. The van der Waals surface area contributed by atoms with Crippen molar-refractivity contribution in [3.05, 3.63) is 0 Å². The van der Waals surface area contributed by atoms with Gasteiger partial charge in [0.2, 0.25) is 5.91 Å². The van der Waals surface area contributed by atoms with Crippen molar-refractivity contribution in [3.63, 3.8) is 0 Å². The van der Waals surface area contributed by atoms with Gasteiger partial charge in [0.05, 0.1) is 6.54 Å². The van der Waals surface area contributed by atoms with Crippen molar-refractivity contribution in [2.24, 2.45) is 0 Å². The van der Waals surface area contributed by atoms with E-state index in [0.717, 1.165) is 0 Å². The van der Waals surface area contributed by atoms with Crippen LogP contribution in [0, 0.1) is 0 Å². The van der Waals surface area contributed by atoms with Crippen LogP contribution in [0.5, 0.6) is 0 Å². The van der Waals surface area contributed by atoms with Crippen LogP contribution in [0.15, 0.2) is 0 Å². The van der Waals surface area contributed by atoms with Gasteiger partial charge in [-0.05, 0) is 0 Å². The molecule has 0 radical (unpaired) electrons. The number of hydrogen-bond donors (Lipinski definition) is 3. The van der Waals surface area contributed by atoms with E-state index in [1.807, 2.05) is 0 Å². The molecule has 5 nitrogen and oxygen atoms in total. The smallest absolute Gasteiger partial charge is 0.322 e. The highest BCUT2D eigenvalue weighted by Gasteiger charge is 2.22. The number of rotatable bonds is 1. The van der Waals surface area contributed by atoms with Gasteiger partial charge in [0.15, 0.2) is 0 Å². The molecule has 5 heteroatoms. The van der Waals surface area contributed by atoms with Crippen LogP contribution >= 0.6 is 0 Å². The molecule has 1 amide bonds. The Morgan fingerprint density at radius 1 is 1.70 bits per heavy atom. The van der Waals surface area contributed by atoms with Crippen LogP contribution in [0.2, 0.25) is 0 Å². The number of carboxylic acid groups (broad SMARTS) is 1. The number of aliphatic carboxylic acids is 1. The Morgan fingerprint density at radius 3 is 2.80 bits per heavy atom. The summed E-state index contributed by atoms with van der Waals surface area (Å²) >= 11 is 0. The number of amides is 1. The van der Waals surface area contributed by atoms with Gasteiger partial charge in [-0.1, -0.05) is 0 Å². The molecule has 1 aliphatic heterocycles. The first kappa shape index (κ1) is 7.01. The lowest BCUT2D eigenvalue weighted by atomic mass is 10.2. The zero-order valence-corrected chi connectivity index (χ0v) is 5.26. The molecule has 10 heavy (non-hydrogen) atoms. The van der Waals surface area contributed by atoms with Crippen molar-refractivity contribution in [1.29, 1.82) is 0 Å². The van der Waals surface area contributed by atoms with E-state index in [1.54, 1.807) is 0 Å². The van der Waals surface area contributed by atoms with Gasteiger partial charge < -0.3 is 10.4 Å². The minimum Gasteiger partial charge on any atom is -0.480 e. The first-order valence-corrected chi connectivity index (χ1v) is 2.93. The number of carbonyl (C=O) groups excluding carboxylic acids is 1. The van der Waals surface area contributed by atoms with Crippen molar-refractivity contribution < 1.29 is 14.7 Å². The zero-order valence-electron chi connectivity index (χ0n) is 5.26. The average Bonchev–Trinajstić information content (AvgIpc) is 1.88. The Kier molecular flexibility index (Phi) is 1.86. The highest BCUT2D eigenvalue weighted by atomic mass is 16.4. The normalized spacial score (nSPS) is 25.6. The topological polar surface area (TPSA) is 78.4 Å². The maximum Gasteiger partial charge on any atom is 0.322 e. The number of hydrogen-bond acceptors (Lipinski definition) is 3. The lowest BCUT2D eigenvalue weighted by Gasteiger charge is -2.19. The summed E-state index contributed by atoms with van der Waals surface area (Å²) in [6, 6.07) is -0.627. The van der Waals surface area contributed by atoms with Gasteiger partial charge in [-0.25, -0.2) is 0 Å². The Bertz CT molecular complexity index is 158. The summed E-state index contributed by atoms with van der Waals surface area (Å²) in [5, 5.41) is 13.4. The van der Waals surface area contributed by atoms with E-state index in [1.165, 1.54) is 0 Å². The number of nitrogens with one attached hydrogen (secondary N) is 2. The van der Waals surface area contributed by atoms with Crippen LogP contribution < -0.4 is 10.6 Å². The molecule has 1 aliphatic rings. The molecule has 0 aliphatic carbocycles. The SMILES string of the molecule is O=C1CN[C@H](C(=O)O)CN1. The van der Waals surface area contributed by atoms with E-state index in [0.29, 0.717) is 0 Å². The van der Waals surface area contributed by atoms with E-state index in [2.05, 4.69) is 10.6 Å². The Hall–Kier alpha value is -1.10. The molecular formula is C5H8N2O3. The summed E-state index contributed by atoms with van der Waals surface area (Å²) in [5.41, 5.74) is 0. The molecule has 0 aromatic heterocycles. The molecule has 1 heterocycles. The summed E-state index contributed by atoms with van der Waals surface area (Å²) in [5.74, 6) is -1.09. The first-order valence-electron chi connectivity index (χ1n) is 2.93. The van der Waals surface area contributed by atoms with E-state index in [-0.39, 0.29) is 19.0 Å². The van der Waals surface area contributed by atoms with Crippen molar-refractivity contribution in [3.8, 4) is 0 Å². The quantitative estimate of drug-likeness (QED) is 0.404. The lowest BCUT2D eigenvalue weighted by Crippen LogP contribution is -2.55. The highest BCUT2D eigenvalue weighted by Crippen LogP contribution is 1.86. The molecule has 1 saturated heterocycles. The number of carbonyl (C=O) groups is 2. The van der Waals surface area contributed by atoms with Gasteiger partial charge in [0.25, 0.3) is 0 Å². The van der Waals surface area contributed by atoms with Crippen molar-refractivity contribution in [2.75, 3.05) is 13.1 Å². The Morgan fingerprint density at radius 2 is 2.40 bits per heavy atom. The summed E-state index contributed by atoms with van der Waals surface area (Å²) in [6.07, 6.45) is 0. The van der Waals surface area contributed by atoms with Crippen molar-refractivity contribution in [1.82, 2.24) is 10.6 Å². The zero-order chi connectivity index (χ0) is 7.56. The van der Waals surface area contributed by atoms with Crippen LogP contribution in [0.3, 0.4) is 0 Å². The fraction of sp³-hybridized carbons (Fsp3) is 0.600. The van der Waals surface area contributed by atoms with E-state index < -0.39 is 12.0 Å². The summed E-state index contributed by atoms with van der Waals surface area (Å²) in [6.45, 7) is 0.269. The van der Waals surface area contributed by atoms with Gasteiger partial charge in [-0.15, -0.1) is 0 Å². The Labute approximate surface area is 57.4 Å². The maximum atomic E-state index is 10.5. The molecule has 0 spiro atoms. The molecule has 0 unspecified atom stereocenters. The molecule has 1 atom stereocenters. The van der Waals surface area contributed by atoms with Gasteiger partial charge >= 0.3 is 5.97 Å². The first-order chi connectivity index (χ1) is 4.70. The highest BCUT2D eigenvalue weighted by molar-refractivity contribution is 5.83. The molecular weight excluding hydrogens is 136 g/mol. The molecule has 0 aromatic rings. The molecule has 3 N–H and O–H groups in total. The van der Waals surface area contributed by atoms with E-state index in [9.17, 15) is 9.59 Å². The fourth-order valence-electron chi connectivity index (χ4n) is 0.741. The predicted octanol–water partition coefficient (Wildman–Crippen LogP) is -1.84. The third-order valence-electron chi connectivity index (χ3n) is 1.31. The second-order valence-electron chi connectivity index (χ2n) is 2.08. The third kappa shape index (κ3) is 1.44. The molecule has 0 saturated carbocycles. The van der Waals surface area contributed by atoms with Gasteiger partial charge in [-0.3, -0.25) is 14.9 Å². The van der Waals surface area contributed by atoms with Crippen LogP contribution in [0.25, 0.3) is 0 Å². The summed E-state index contributed by atoms with van der Waals surface area (Å²) in [4.78, 5) is 20.7. The lowest BCUT2D eigenvalue weighted by molar-refractivity contribution is -0.140. The molecule has 0 aromatic carbocycles. The minimum absolute atomic E-state index is 0.0942. The largest absolute Gasteiger partial charge is 0.480 e. The monoisotopic (exact) mass is 144 g/mol. The molecule has 1 rings (SSSR count). The standard InChI is InChI=1S/C5H8N2O3/c8-4-2-6-3(1-7-4)5(9)10/h3,6H,1-2H2,(H,7,8)(H,9,10)/t3-/m0/s1. The van der Waals surface area contributed by atoms with Crippen LogP contribution in [-0.4, -0.2) is 36.1 Å². The van der Waals surface area contributed by atoms with Crippen LogP contribution in [0.4, 0.5) is 0 Å². The second-order valence-corrected chi connectivity index (χ2v) is 2.08. The van der Waals surface area contributed by atoms with E-state index in [4.69, 9.17) is 5.11 Å². The van der Waals surface area contributed by atoms with E-state index >= 15 is 0 Å². The van der Waals surface area contributed by atoms with Crippen LogP contribution in [-0.2, 0) is 9.59 Å². The number of piperazine rings is 1. The summed E-state index contributed by atoms with van der Waals surface area (Å²) < 4.78 is 0. The van der Waals surface area contributed by atoms with Gasteiger partial charge in [-0.2, -0.15) is 0 Å². The fourth-order valence-corrected chi connectivity index (χ4v) is 0.741. The second kappa shape index (κ2) is 2.66. The minimum atomic E-state index is -0.931. The third-order valence-corrected chi connectivity index (χ3v) is 1.31. The number of carboxylic acids is 1. The average molecular weight is 144 g/mol. The molecule has 56 valence electrons. The maximum absolute atomic E-state index is 10.5. The molecule has 0 bridgehead atoms. The summed E-state index contributed by atoms with van der Waals surface area (Å²) in [7, 11) is 0.